The van der Waals surface area contributed by atoms with E-state index in [0.29, 0.717) is 31.9 Å². The van der Waals surface area contributed by atoms with Gasteiger partial charge >= 0.3 is 6.03 Å². The van der Waals surface area contributed by atoms with E-state index in [1.165, 1.54) is 0 Å². The first-order valence-corrected chi connectivity index (χ1v) is 7.06. The summed E-state index contributed by atoms with van der Waals surface area (Å²) >= 11 is 0. The monoisotopic (exact) mass is 274 g/mol. The van der Waals surface area contributed by atoms with Crippen molar-refractivity contribution in [3.8, 4) is 5.75 Å². The van der Waals surface area contributed by atoms with Crippen molar-refractivity contribution in [3.63, 3.8) is 0 Å². The molecule has 3 rings (SSSR count). The van der Waals surface area contributed by atoms with Crippen molar-refractivity contribution in [3.05, 3.63) is 29.3 Å². The maximum absolute atomic E-state index is 11.8. The van der Waals surface area contributed by atoms with Crippen LogP contribution in [-0.2, 0) is 6.42 Å². The molecule has 1 aromatic carbocycles. The number of urea groups is 1. The summed E-state index contributed by atoms with van der Waals surface area (Å²) in [5, 5.41) is 2.75. The lowest BCUT2D eigenvalue weighted by atomic mass is 9.90. The van der Waals surface area contributed by atoms with Crippen molar-refractivity contribution in [2.45, 2.75) is 19.3 Å². The Hall–Kier alpha value is -2.04. The van der Waals surface area contributed by atoms with Crippen LogP contribution in [0.15, 0.2) is 18.2 Å². The Morgan fingerprint density at radius 1 is 1.25 bits per heavy atom. The third-order valence-electron chi connectivity index (χ3n) is 3.81. The fourth-order valence-corrected chi connectivity index (χ4v) is 2.70. The van der Waals surface area contributed by atoms with Crippen LogP contribution in [0.3, 0.4) is 0 Å². The van der Waals surface area contributed by atoms with Crippen molar-refractivity contribution in [2.24, 2.45) is 0 Å². The molecule has 1 saturated heterocycles. The van der Waals surface area contributed by atoms with Crippen LogP contribution in [0.25, 0.3) is 0 Å². The molecule has 20 heavy (non-hydrogen) atoms. The van der Waals surface area contributed by atoms with E-state index in [-0.39, 0.29) is 11.8 Å². The van der Waals surface area contributed by atoms with Gasteiger partial charge < -0.3 is 15.0 Å². The summed E-state index contributed by atoms with van der Waals surface area (Å²) in [5.74, 6) is 0.911. The maximum Gasteiger partial charge on any atom is 0.317 e. The van der Waals surface area contributed by atoms with Crippen LogP contribution in [0.2, 0.25) is 0 Å². The van der Waals surface area contributed by atoms with Gasteiger partial charge in [-0.2, -0.15) is 0 Å². The lowest BCUT2D eigenvalue weighted by molar-refractivity contribution is 0.0972. The van der Waals surface area contributed by atoms with Crippen LogP contribution in [0.4, 0.5) is 4.79 Å². The molecule has 0 spiro atoms. The number of ketones is 1. The van der Waals surface area contributed by atoms with Gasteiger partial charge in [-0.1, -0.05) is 6.07 Å². The average Bonchev–Trinajstić information content (AvgIpc) is 2.85. The SMILES string of the molecule is O=C1CCCc2ccc(OCCN3CCNC3=O)cc21. The molecule has 0 bridgehead atoms. The predicted molar refractivity (Wildman–Crippen MR) is 74.2 cm³/mol. The van der Waals surface area contributed by atoms with E-state index >= 15 is 0 Å². The second-order valence-electron chi connectivity index (χ2n) is 5.16. The molecule has 1 aliphatic heterocycles. The summed E-state index contributed by atoms with van der Waals surface area (Å²) < 4.78 is 5.66. The van der Waals surface area contributed by atoms with Gasteiger partial charge in [0.2, 0.25) is 0 Å². The average molecular weight is 274 g/mol. The molecule has 5 nitrogen and oxygen atoms in total. The van der Waals surface area contributed by atoms with Gasteiger partial charge in [-0.15, -0.1) is 0 Å². The minimum atomic E-state index is -0.0331. The number of carbonyl (C=O) groups is 2. The summed E-state index contributed by atoms with van der Waals surface area (Å²) in [6, 6.07) is 5.68. The molecule has 1 aromatic rings. The topological polar surface area (TPSA) is 58.6 Å². The molecule has 106 valence electrons. The highest BCUT2D eigenvalue weighted by atomic mass is 16.5. The highest BCUT2D eigenvalue weighted by Crippen LogP contribution is 2.25. The number of rotatable bonds is 4. The fraction of sp³-hybridized carbons (Fsp3) is 0.467. The second-order valence-corrected chi connectivity index (χ2v) is 5.16. The van der Waals surface area contributed by atoms with E-state index in [9.17, 15) is 9.59 Å². The molecule has 0 unspecified atom stereocenters. The number of hydrogen-bond donors (Lipinski definition) is 1. The first-order chi connectivity index (χ1) is 9.74. The van der Waals surface area contributed by atoms with Crippen molar-refractivity contribution in [1.82, 2.24) is 10.2 Å². The van der Waals surface area contributed by atoms with Crippen LogP contribution >= 0.6 is 0 Å². The molecule has 2 aliphatic rings. The zero-order chi connectivity index (χ0) is 13.9. The van der Waals surface area contributed by atoms with Gasteiger partial charge in [0.1, 0.15) is 12.4 Å². The van der Waals surface area contributed by atoms with Gasteiger partial charge in [0.15, 0.2) is 5.78 Å². The zero-order valence-electron chi connectivity index (χ0n) is 11.4. The van der Waals surface area contributed by atoms with Crippen molar-refractivity contribution < 1.29 is 14.3 Å². The third kappa shape index (κ3) is 2.61. The lowest BCUT2D eigenvalue weighted by Crippen LogP contribution is -2.31. The van der Waals surface area contributed by atoms with E-state index in [4.69, 9.17) is 4.74 Å². The molecule has 2 amide bonds. The molecular formula is C15H18N2O3. The number of nitrogens with zero attached hydrogens (tertiary/aromatic N) is 1. The molecule has 0 aromatic heterocycles. The van der Waals surface area contributed by atoms with E-state index in [1.54, 1.807) is 4.90 Å². The number of nitrogens with one attached hydrogen (secondary N) is 1. The Balaban J connectivity index is 1.59. The summed E-state index contributed by atoms with van der Waals surface area (Å²) in [4.78, 5) is 24.9. The number of carbonyl (C=O) groups excluding carboxylic acids is 2. The molecule has 5 heteroatoms. The fourth-order valence-electron chi connectivity index (χ4n) is 2.70. The maximum atomic E-state index is 11.8. The number of amides is 2. The van der Waals surface area contributed by atoms with E-state index in [1.807, 2.05) is 18.2 Å². The number of hydrogen-bond acceptors (Lipinski definition) is 3. The standard InChI is InChI=1S/C15H18N2O3/c18-14-3-1-2-11-4-5-12(10-13(11)14)20-9-8-17-7-6-16-15(17)19/h4-5,10H,1-3,6-9H2,(H,16,19). The summed E-state index contributed by atoms with van der Waals surface area (Å²) in [6.07, 6.45) is 2.54. The molecule has 1 fully saturated rings. The van der Waals surface area contributed by atoms with Crippen LogP contribution < -0.4 is 10.1 Å². The molecule has 0 saturated carbocycles. The van der Waals surface area contributed by atoms with Gasteiger partial charge in [0.25, 0.3) is 0 Å². The largest absolute Gasteiger partial charge is 0.492 e. The second kappa shape index (κ2) is 5.53. The first-order valence-electron chi connectivity index (χ1n) is 7.06. The number of fused-ring (bicyclic) bond motifs is 1. The molecule has 1 aliphatic carbocycles. The summed E-state index contributed by atoms with van der Waals surface area (Å²) in [6.45, 7) is 2.44. The van der Waals surface area contributed by atoms with Crippen LogP contribution in [0.1, 0.15) is 28.8 Å². The van der Waals surface area contributed by atoms with Crippen LogP contribution in [-0.4, -0.2) is 43.0 Å². The summed E-state index contributed by atoms with van der Waals surface area (Å²) in [5.41, 5.74) is 1.92. The van der Waals surface area contributed by atoms with Crippen molar-refractivity contribution in [1.29, 1.82) is 0 Å². The minimum absolute atomic E-state index is 0.0331. The van der Waals surface area contributed by atoms with Crippen molar-refractivity contribution in [2.75, 3.05) is 26.2 Å². The van der Waals surface area contributed by atoms with E-state index in [2.05, 4.69) is 5.32 Å². The van der Waals surface area contributed by atoms with Crippen LogP contribution in [0.5, 0.6) is 5.75 Å². The molecule has 1 N–H and O–H groups in total. The van der Waals surface area contributed by atoms with Crippen LogP contribution in [0, 0.1) is 0 Å². The number of ether oxygens (including phenoxy) is 1. The highest BCUT2D eigenvalue weighted by molar-refractivity contribution is 5.98. The Morgan fingerprint density at radius 3 is 2.95 bits per heavy atom. The molecule has 0 radical (unpaired) electrons. The van der Waals surface area contributed by atoms with Gasteiger partial charge in [0, 0.05) is 25.1 Å². The van der Waals surface area contributed by atoms with E-state index < -0.39 is 0 Å². The Labute approximate surface area is 117 Å². The Kier molecular flexibility index (Phi) is 3.58. The Bertz CT molecular complexity index is 542. The summed E-state index contributed by atoms with van der Waals surface area (Å²) in [7, 11) is 0. The smallest absolute Gasteiger partial charge is 0.317 e. The number of benzene rings is 1. The molecule has 0 atom stereocenters. The van der Waals surface area contributed by atoms with Gasteiger partial charge in [-0.05, 0) is 30.5 Å². The Morgan fingerprint density at radius 2 is 2.15 bits per heavy atom. The zero-order valence-corrected chi connectivity index (χ0v) is 11.4. The minimum Gasteiger partial charge on any atom is -0.492 e. The predicted octanol–water partition coefficient (Wildman–Crippen LogP) is 1.61. The third-order valence-corrected chi connectivity index (χ3v) is 3.81. The highest BCUT2D eigenvalue weighted by Gasteiger charge is 2.19. The molecule has 1 heterocycles. The number of Topliss-reactive ketones (excluding diaryl/α,β-unsaturated/α-hetero) is 1. The number of aryl methyl sites for hydroxylation is 1. The quantitative estimate of drug-likeness (QED) is 0.907. The van der Waals surface area contributed by atoms with E-state index in [0.717, 1.165) is 30.5 Å². The first kappa shape index (κ1) is 13.0. The van der Waals surface area contributed by atoms with Gasteiger partial charge in [-0.3, -0.25) is 4.79 Å². The lowest BCUT2D eigenvalue weighted by Gasteiger charge is -2.17. The normalized spacial score (nSPS) is 17.9. The molecular weight excluding hydrogens is 256 g/mol. The van der Waals surface area contributed by atoms with Gasteiger partial charge in [0.05, 0.1) is 6.54 Å². The van der Waals surface area contributed by atoms with Gasteiger partial charge in [-0.25, -0.2) is 4.79 Å². The van der Waals surface area contributed by atoms with Crippen molar-refractivity contribution >= 4 is 11.8 Å².